The smallest absolute Gasteiger partial charge is 0.337 e. The molecule has 5 rings (SSSR count). The van der Waals surface area contributed by atoms with Crippen molar-refractivity contribution in [1.29, 1.82) is 0 Å². The lowest BCUT2D eigenvalue weighted by atomic mass is 9.99. The third kappa shape index (κ3) is 5.25. The summed E-state index contributed by atoms with van der Waals surface area (Å²) < 4.78 is 39.1. The highest BCUT2D eigenvalue weighted by Crippen LogP contribution is 2.32. The van der Waals surface area contributed by atoms with Gasteiger partial charge in [0, 0.05) is 49.4 Å². The van der Waals surface area contributed by atoms with Crippen LogP contribution in [0.3, 0.4) is 0 Å². The van der Waals surface area contributed by atoms with E-state index in [0.717, 1.165) is 25.1 Å². The molecule has 8 heteroatoms. The fourth-order valence-corrected chi connectivity index (χ4v) is 5.06. The van der Waals surface area contributed by atoms with Crippen LogP contribution in [0.1, 0.15) is 32.7 Å². The van der Waals surface area contributed by atoms with Crippen molar-refractivity contribution in [3.63, 3.8) is 0 Å². The molecule has 2 fully saturated rings. The molecule has 0 aliphatic carbocycles. The lowest BCUT2D eigenvalue weighted by molar-refractivity contribution is -0.137. The number of amides is 2. The second-order valence-electron chi connectivity index (χ2n) is 9.75. The number of hydrogen-bond donors (Lipinski definition) is 0. The van der Waals surface area contributed by atoms with Crippen molar-refractivity contribution in [2.45, 2.75) is 24.7 Å². The van der Waals surface area contributed by atoms with Crippen molar-refractivity contribution in [3.05, 3.63) is 95.6 Å². The number of nitrogens with zero attached hydrogens (tertiary/aromatic N) is 3. The average molecular weight is 508 g/mol. The van der Waals surface area contributed by atoms with E-state index in [1.54, 1.807) is 35.2 Å². The number of rotatable bonds is 5. The summed E-state index contributed by atoms with van der Waals surface area (Å²) in [5.41, 5.74) is 1.59. The molecule has 0 aromatic heterocycles. The van der Waals surface area contributed by atoms with E-state index in [1.807, 2.05) is 35.2 Å². The third-order valence-electron chi connectivity index (χ3n) is 7.43. The highest BCUT2D eigenvalue weighted by atomic mass is 19.4. The number of likely N-dealkylation sites (tertiary alicyclic amines) is 2. The summed E-state index contributed by atoms with van der Waals surface area (Å²) in [5, 5.41) is 0. The molecular formula is C29H28F3N3O2. The average Bonchev–Trinajstić information content (AvgIpc) is 3.38. The van der Waals surface area contributed by atoms with E-state index in [4.69, 9.17) is 0 Å². The van der Waals surface area contributed by atoms with Crippen LogP contribution in [0.5, 0.6) is 0 Å². The molecular weight excluding hydrogens is 479 g/mol. The molecule has 3 aromatic rings. The van der Waals surface area contributed by atoms with Crippen molar-refractivity contribution in [3.8, 4) is 11.1 Å². The minimum Gasteiger partial charge on any atom is -0.337 e. The number of alkyl halides is 3. The zero-order valence-electron chi connectivity index (χ0n) is 20.5. The molecule has 3 aromatic carbocycles. The van der Waals surface area contributed by atoms with Crippen LogP contribution in [0.4, 0.5) is 13.2 Å². The van der Waals surface area contributed by atoms with Gasteiger partial charge >= 0.3 is 6.18 Å². The Morgan fingerprint density at radius 1 is 0.757 bits per heavy atom. The number of halogens is 3. The monoisotopic (exact) mass is 507 g/mol. The van der Waals surface area contributed by atoms with Gasteiger partial charge in [0.2, 0.25) is 0 Å². The van der Waals surface area contributed by atoms with E-state index in [2.05, 4.69) is 11.9 Å². The Hall–Kier alpha value is -3.65. The van der Waals surface area contributed by atoms with Gasteiger partial charge in [-0.1, -0.05) is 42.5 Å². The van der Waals surface area contributed by atoms with Crippen LogP contribution in [0.25, 0.3) is 11.1 Å². The van der Waals surface area contributed by atoms with E-state index in [-0.39, 0.29) is 23.9 Å². The third-order valence-corrected chi connectivity index (χ3v) is 7.43. The molecule has 0 radical (unpaired) electrons. The second kappa shape index (κ2) is 10.0. The SMILES string of the molecule is CN(C1CCN(C(=O)c2ccccc2)C1)C1CN(C(=O)c2ccc(-c3cccc(C(F)(F)F)c3)cc2)C1. The van der Waals surface area contributed by atoms with E-state index in [0.29, 0.717) is 41.9 Å². The topological polar surface area (TPSA) is 43.9 Å². The molecule has 192 valence electrons. The summed E-state index contributed by atoms with van der Waals surface area (Å²) in [7, 11) is 2.05. The van der Waals surface area contributed by atoms with Crippen molar-refractivity contribution in [1.82, 2.24) is 14.7 Å². The molecule has 0 bridgehead atoms. The van der Waals surface area contributed by atoms with Gasteiger partial charge in [-0.2, -0.15) is 13.2 Å². The Labute approximate surface area is 214 Å². The molecule has 2 amide bonds. The van der Waals surface area contributed by atoms with Crippen LogP contribution in [-0.4, -0.2) is 71.8 Å². The molecule has 0 saturated carbocycles. The Morgan fingerprint density at radius 2 is 1.38 bits per heavy atom. The molecule has 2 aliphatic rings. The van der Waals surface area contributed by atoms with Crippen molar-refractivity contribution < 1.29 is 22.8 Å². The molecule has 0 N–H and O–H groups in total. The standard InChI is InChI=1S/C29H28F3N3O2/c1-33(25-14-15-34(17-25)27(36)21-6-3-2-4-7-21)26-18-35(19-26)28(37)22-12-10-20(11-13-22)23-8-5-9-24(16-23)29(30,31)32/h2-13,16,25-26H,14-15,17-19H2,1H3. The zero-order valence-corrected chi connectivity index (χ0v) is 20.5. The summed E-state index contributed by atoms with van der Waals surface area (Å²) in [6.45, 7) is 2.60. The highest BCUT2D eigenvalue weighted by Gasteiger charge is 2.39. The van der Waals surface area contributed by atoms with E-state index < -0.39 is 11.7 Å². The molecule has 1 unspecified atom stereocenters. The van der Waals surface area contributed by atoms with Crippen LogP contribution in [0, 0.1) is 0 Å². The molecule has 1 atom stereocenters. The highest BCUT2D eigenvalue weighted by molar-refractivity contribution is 5.95. The van der Waals surface area contributed by atoms with Gasteiger partial charge in [0.15, 0.2) is 0 Å². The number of carbonyl (C=O) groups excluding carboxylic acids is 2. The Kier molecular flexibility index (Phi) is 6.77. The summed E-state index contributed by atoms with van der Waals surface area (Å²) in [6, 6.07) is 21.6. The van der Waals surface area contributed by atoms with Crippen LogP contribution in [0.2, 0.25) is 0 Å². The lowest BCUT2D eigenvalue weighted by Crippen LogP contribution is -2.62. The maximum atomic E-state index is 13.0. The van der Waals surface area contributed by atoms with Gasteiger partial charge < -0.3 is 9.80 Å². The number of benzene rings is 3. The van der Waals surface area contributed by atoms with Gasteiger partial charge in [0.1, 0.15) is 0 Å². The van der Waals surface area contributed by atoms with Gasteiger partial charge in [-0.25, -0.2) is 0 Å². The van der Waals surface area contributed by atoms with Crippen LogP contribution >= 0.6 is 0 Å². The number of carbonyl (C=O) groups is 2. The summed E-state index contributed by atoms with van der Waals surface area (Å²) in [5.74, 6) is -0.0389. The summed E-state index contributed by atoms with van der Waals surface area (Å²) in [6.07, 6.45) is -3.50. The maximum Gasteiger partial charge on any atom is 0.416 e. The van der Waals surface area contributed by atoms with Crippen LogP contribution in [-0.2, 0) is 6.18 Å². The van der Waals surface area contributed by atoms with Crippen LogP contribution in [0.15, 0.2) is 78.9 Å². The van der Waals surface area contributed by atoms with Gasteiger partial charge in [0.25, 0.3) is 11.8 Å². The molecule has 2 saturated heterocycles. The van der Waals surface area contributed by atoms with E-state index in [1.165, 1.54) is 6.07 Å². The quantitative estimate of drug-likeness (QED) is 0.486. The lowest BCUT2D eigenvalue weighted by Gasteiger charge is -2.46. The fraction of sp³-hybridized carbons (Fsp3) is 0.310. The van der Waals surface area contributed by atoms with E-state index in [9.17, 15) is 22.8 Å². The first-order valence-electron chi connectivity index (χ1n) is 12.3. The van der Waals surface area contributed by atoms with Crippen LogP contribution < -0.4 is 0 Å². The minimum absolute atomic E-state index is 0.0514. The van der Waals surface area contributed by atoms with Gasteiger partial charge in [0.05, 0.1) is 5.56 Å². The predicted octanol–water partition coefficient (Wildman–Crippen LogP) is 5.04. The zero-order chi connectivity index (χ0) is 26.2. The predicted molar refractivity (Wildman–Crippen MR) is 135 cm³/mol. The van der Waals surface area contributed by atoms with Crippen molar-refractivity contribution in [2.24, 2.45) is 0 Å². The first-order valence-corrected chi connectivity index (χ1v) is 12.3. The normalized spacial score (nSPS) is 18.2. The molecule has 5 nitrogen and oxygen atoms in total. The Morgan fingerprint density at radius 3 is 2.05 bits per heavy atom. The van der Waals surface area contributed by atoms with Gasteiger partial charge in [-0.05, 0) is 61.0 Å². The molecule has 2 heterocycles. The summed E-state index contributed by atoms with van der Waals surface area (Å²) >= 11 is 0. The minimum atomic E-state index is -4.40. The Bertz CT molecular complexity index is 1270. The molecule has 0 spiro atoms. The van der Waals surface area contributed by atoms with Gasteiger partial charge in [-0.3, -0.25) is 14.5 Å². The van der Waals surface area contributed by atoms with Crippen molar-refractivity contribution >= 4 is 11.8 Å². The van der Waals surface area contributed by atoms with E-state index >= 15 is 0 Å². The Balaban J connectivity index is 1.15. The first-order chi connectivity index (χ1) is 17.7. The first kappa shape index (κ1) is 25.0. The number of likely N-dealkylation sites (N-methyl/N-ethyl adjacent to an activating group) is 1. The van der Waals surface area contributed by atoms with Gasteiger partial charge in [-0.15, -0.1) is 0 Å². The van der Waals surface area contributed by atoms with Crippen molar-refractivity contribution in [2.75, 3.05) is 33.2 Å². The second-order valence-corrected chi connectivity index (χ2v) is 9.75. The fourth-order valence-electron chi connectivity index (χ4n) is 5.06. The summed E-state index contributed by atoms with van der Waals surface area (Å²) in [4.78, 5) is 31.6. The number of hydrogen-bond acceptors (Lipinski definition) is 3. The largest absolute Gasteiger partial charge is 0.416 e. The maximum absolute atomic E-state index is 13.0. The molecule has 2 aliphatic heterocycles. The molecule has 37 heavy (non-hydrogen) atoms.